The molecule has 0 aliphatic carbocycles. The predicted octanol–water partition coefficient (Wildman–Crippen LogP) is 1.73. The Labute approximate surface area is 127 Å². The molecule has 1 N–H and O–H groups in total. The highest BCUT2D eigenvalue weighted by Crippen LogP contribution is 2.25. The first-order valence-corrected chi connectivity index (χ1v) is 8.10. The third-order valence-electron chi connectivity index (χ3n) is 4.60. The van der Waals surface area contributed by atoms with Gasteiger partial charge in [-0.05, 0) is 36.9 Å². The third-order valence-corrected chi connectivity index (χ3v) is 4.60. The summed E-state index contributed by atoms with van der Waals surface area (Å²) >= 11 is 0. The highest BCUT2D eigenvalue weighted by Gasteiger charge is 2.21. The average molecular weight is 290 g/mol. The zero-order chi connectivity index (χ0) is 14.5. The predicted molar refractivity (Wildman–Crippen MR) is 84.6 cm³/mol. The first-order chi connectivity index (χ1) is 10.4. The van der Waals surface area contributed by atoms with Crippen LogP contribution in [-0.4, -0.2) is 56.0 Å². The van der Waals surface area contributed by atoms with Crippen molar-refractivity contribution in [1.29, 1.82) is 0 Å². The molecule has 2 aliphatic heterocycles. The molecule has 1 unspecified atom stereocenters. The molecule has 2 saturated heterocycles. The molecule has 1 aromatic rings. The number of likely N-dealkylation sites (tertiary alicyclic amines) is 1. The number of piperidine rings is 1. The van der Waals surface area contributed by atoms with Gasteiger partial charge in [0, 0.05) is 38.5 Å². The normalized spacial score (nSPS) is 24.2. The Morgan fingerprint density at radius 1 is 1.14 bits per heavy atom. The number of hydrogen-bond acceptors (Lipinski definition) is 4. The van der Waals surface area contributed by atoms with Crippen molar-refractivity contribution in [2.45, 2.75) is 19.4 Å². The lowest BCUT2D eigenvalue weighted by Crippen LogP contribution is -2.39. The van der Waals surface area contributed by atoms with E-state index in [9.17, 15) is 5.11 Å². The lowest BCUT2D eigenvalue weighted by atomic mass is 9.98. The zero-order valence-electron chi connectivity index (χ0n) is 12.7. The molecule has 2 fully saturated rings. The molecule has 116 valence electrons. The minimum atomic E-state index is 0.321. The third kappa shape index (κ3) is 3.76. The van der Waals surface area contributed by atoms with Gasteiger partial charge in [0.25, 0.3) is 0 Å². The van der Waals surface area contributed by atoms with Crippen LogP contribution >= 0.6 is 0 Å². The zero-order valence-corrected chi connectivity index (χ0v) is 12.7. The second-order valence-corrected chi connectivity index (χ2v) is 6.15. The first-order valence-electron chi connectivity index (χ1n) is 8.10. The molecule has 4 nitrogen and oxygen atoms in total. The van der Waals surface area contributed by atoms with Gasteiger partial charge in [-0.15, -0.1) is 0 Å². The highest BCUT2D eigenvalue weighted by atomic mass is 16.5. The fourth-order valence-corrected chi connectivity index (χ4v) is 3.44. The number of ether oxygens (including phenoxy) is 1. The summed E-state index contributed by atoms with van der Waals surface area (Å²) in [6.07, 6.45) is 2.36. The smallest absolute Gasteiger partial charge is 0.0642 e. The molecular formula is C17H26N2O2. The number of aliphatic hydroxyl groups is 1. The Kier molecular flexibility index (Phi) is 5.12. The van der Waals surface area contributed by atoms with Crippen LogP contribution in [0.3, 0.4) is 0 Å². The van der Waals surface area contributed by atoms with Crippen molar-refractivity contribution in [1.82, 2.24) is 4.90 Å². The van der Waals surface area contributed by atoms with Crippen LogP contribution in [0.25, 0.3) is 0 Å². The molecule has 4 heteroatoms. The van der Waals surface area contributed by atoms with E-state index in [0.717, 1.165) is 52.4 Å². The minimum Gasteiger partial charge on any atom is -0.396 e. The summed E-state index contributed by atoms with van der Waals surface area (Å²) < 4.78 is 5.46. The Morgan fingerprint density at radius 2 is 1.95 bits per heavy atom. The minimum absolute atomic E-state index is 0.321. The molecule has 1 aromatic carbocycles. The lowest BCUT2D eigenvalue weighted by molar-refractivity contribution is 0.115. The average Bonchev–Trinajstić information content (AvgIpc) is 2.56. The van der Waals surface area contributed by atoms with Crippen LogP contribution < -0.4 is 4.90 Å². The molecule has 0 amide bonds. The summed E-state index contributed by atoms with van der Waals surface area (Å²) in [4.78, 5) is 4.93. The second-order valence-electron chi connectivity index (χ2n) is 6.15. The van der Waals surface area contributed by atoms with Gasteiger partial charge in [0.2, 0.25) is 0 Å². The summed E-state index contributed by atoms with van der Waals surface area (Å²) in [5.74, 6) is 0.453. The molecule has 0 aromatic heterocycles. The molecule has 2 heterocycles. The molecule has 2 aliphatic rings. The maximum atomic E-state index is 9.38. The van der Waals surface area contributed by atoms with E-state index in [4.69, 9.17) is 4.74 Å². The SMILES string of the molecule is OCC1CCCN(Cc2ccccc2N2CCOCC2)C1. The summed E-state index contributed by atoms with van der Waals surface area (Å²) in [5, 5.41) is 9.38. The van der Waals surface area contributed by atoms with Crippen molar-refractivity contribution >= 4 is 5.69 Å². The Balaban J connectivity index is 1.69. The monoisotopic (exact) mass is 290 g/mol. The lowest BCUT2D eigenvalue weighted by Gasteiger charge is -2.34. The van der Waals surface area contributed by atoms with Gasteiger partial charge in [-0.2, -0.15) is 0 Å². The Morgan fingerprint density at radius 3 is 2.76 bits per heavy atom. The number of hydrogen-bond donors (Lipinski definition) is 1. The van der Waals surface area contributed by atoms with Crippen LogP contribution in [0.15, 0.2) is 24.3 Å². The first kappa shape index (κ1) is 14.8. The standard InChI is InChI=1S/C17H26N2O2/c20-14-15-4-3-7-18(12-15)13-16-5-1-2-6-17(16)19-8-10-21-11-9-19/h1-2,5-6,15,20H,3-4,7-14H2. The molecular weight excluding hydrogens is 264 g/mol. The van der Waals surface area contributed by atoms with E-state index >= 15 is 0 Å². The van der Waals surface area contributed by atoms with Gasteiger partial charge in [-0.25, -0.2) is 0 Å². The fourth-order valence-electron chi connectivity index (χ4n) is 3.44. The second kappa shape index (κ2) is 7.25. The number of para-hydroxylation sites is 1. The highest BCUT2D eigenvalue weighted by molar-refractivity contribution is 5.53. The molecule has 0 radical (unpaired) electrons. The van der Waals surface area contributed by atoms with E-state index in [1.807, 2.05) is 0 Å². The van der Waals surface area contributed by atoms with Gasteiger partial charge in [-0.1, -0.05) is 18.2 Å². The van der Waals surface area contributed by atoms with Crippen molar-refractivity contribution in [3.8, 4) is 0 Å². The van der Waals surface area contributed by atoms with Gasteiger partial charge in [0.05, 0.1) is 13.2 Å². The number of anilines is 1. The van der Waals surface area contributed by atoms with Crippen molar-refractivity contribution in [3.05, 3.63) is 29.8 Å². The number of nitrogens with zero attached hydrogens (tertiary/aromatic N) is 2. The fraction of sp³-hybridized carbons (Fsp3) is 0.647. The van der Waals surface area contributed by atoms with E-state index in [1.165, 1.54) is 17.7 Å². The van der Waals surface area contributed by atoms with Crippen LogP contribution in [-0.2, 0) is 11.3 Å². The summed E-state index contributed by atoms with van der Waals surface area (Å²) in [6, 6.07) is 8.73. The molecule has 0 saturated carbocycles. The van der Waals surface area contributed by atoms with Gasteiger partial charge in [0.1, 0.15) is 0 Å². The summed E-state index contributed by atoms with van der Waals surface area (Å²) in [7, 11) is 0. The van der Waals surface area contributed by atoms with Crippen molar-refractivity contribution in [3.63, 3.8) is 0 Å². The van der Waals surface area contributed by atoms with E-state index in [2.05, 4.69) is 34.1 Å². The number of aliphatic hydroxyl groups excluding tert-OH is 1. The van der Waals surface area contributed by atoms with Crippen LogP contribution in [0.1, 0.15) is 18.4 Å². The van der Waals surface area contributed by atoms with Gasteiger partial charge < -0.3 is 14.7 Å². The van der Waals surface area contributed by atoms with E-state index in [-0.39, 0.29) is 0 Å². The van der Waals surface area contributed by atoms with Crippen LogP contribution in [0.4, 0.5) is 5.69 Å². The Hall–Kier alpha value is -1.10. The number of rotatable bonds is 4. The molecule has 21 heavy (non-hydrogen) atoms. The van der Waals surface area contributed by atoms with Crippen molar-refractivity contribution < 1.29 is 9.84 Å². The summed E-state index contributed by atoms with van der Waals surface area (Å²) in [6.45, 7) is 7.09. The largest absolute Gasteiger partial charge is 0.396 e. The van der Waals surface area contributed by atoms with Crippen LogP contribution in [0, 0.1) is 5.92 Å². The van der Waals surface area contributed by atoms with Crippen molar-refractivity contribution in [2.75, 3.05) is 50.9 Å². The molecule has 3 rings (SSSR count). The van der Waals surface area contributed by atoms with Gasteiger partial charge >= 0.3 is 0 Å². The van der Waals surface area contributed by atoms with Crippen LogP contribution in [0.5, 0.6) is 0 Å². The molecule has 1 atom stereocenters. The van der Waals surface area contributed by atoms with Crippen LogP contribution in [0.2, 0.25) is 0 Å². The maximum Gasteiger partial charge on any atom is 0.0642 e. The number of benzene rings is 1. The molecule has 0 bridgehead atoms. The van der Waals surface area contributed by atoms with E-state index in [0.29, 0.717) is 12.5 Å². The molecule has 0 spiro atoms. The number of morpholine rings is 1. The Bertz CT molecular complexity index is 446. The summed E-state index contributed by atoms with van der Waals surface area (Å²) in [5.41, 5.74) is 2.75. The maximum absolute atomic E-state index is 9.38. The van der Waals surface area contributed by atoms with E-state index < -0.39 is 0 Å². The topological polar surface area (TPSA) is 35.9 Å². The van der Waals surface area contributed by atoms with E-state index in [1.54, 1.807) is 0 Å². The van der Waals surface area contributed by atoms with Crippen molar-refractivity contribution in [2.24, 2.45) is 5.92 Å². The quantitative estimate of drug-likeness (QED) is 0.916. The van der Waals surface area contributed by atoms with Gasteiger partial charge in [0.15, 0.2) is 0 Å². The van der Waals surface area contributed by atoms with Gasteiger partial charge in [-0.3, -0.25) is 4.90 Å².